The van der Waals surface area contributed by atoms with Gasteiger partial charge >= 0.3 is 26.2 Å². The van der Waals surface area contributed by atoms with E-state index >= 15 is 0 Å². The topological polar surface area (TPSA) is 0 Å². The molecule has 0 atom stereocenters. The van der Waals surface area contributed by atoms with Crippen LogP contribution >= 0.6 is 0 Å². The van der Waals surface area contributed by atoms with Crippen LogP contribution in [-0.4, -0.2) is 0 Å². The minimum absolute atomic E-state index is 0. The van der Waals surface area contributed by atoms with Crippen molar-refractivity contribution in [1.82, 2.24) is 0 Å². The van der Waals surface area contributed by atoms with Crippen LogP contribution in [0.3, 0.4) is 0 Å². The van der Waals surface area contributed by atoms with Crippen molar-refractivity contribution in [1.29, 1.82) is 0 Å². The van der Waals surface area contributed by atoms with E-state index in [1.165, 1.54) is 16.3 Å². The van der Waals surface area contributed by atoms with Crippen LogP contribution in [0.4, 0.5) is 0 Å². The Morgan fingerprint density at radius 1 is 1.13 bits per heavy atom. The molecule has 77 valence electrons. The first-order valence-corrected chi connectivity index (χ1v) is 4.16. The molecular weight excluding hydrogens is 306 g/mol. The van der Waals surface area contributed by atoms with E-state index in [4.69, 9.17) is 0 Å². The van der Waals surface area contributed by atoms with E-state index in [-0.39, 0.29) is 51.0 Å². The zero-order valence-electron chi connectivity index (χ0n) is 8.21. The molecule has 0 N–H and O–H groups in total. The number of rotatable bonds is 2. The molecule has 0 fully saturated rings. The van der Waals surface area contributed by atoms with Gasteiger partial charge in [0, 0.05) is 0 Å². The number of benzene rings is 1. The summed E-state index contributed by atoms with van der Waals surface area (Å²) >= 11 is 0. The first-order valence-electron chi connectivity index (χ1n) is 4.16. The Morgan fingerprint density at radius 2 is 1.80 bits per heavy atom. The van der Waals surface area contributed by atoms with Crippen molar-refractivity contribution in [2.24, 2.45) is 0 Å². The minimum Gasteiger partial charge on any atom is -1.00 e. The van der Waals surface area contributed by atoms with Crippen LogP contribution in [0.5, 0.6) is 0 Å². The molecule has 2 aromatic carbocycles. The van der Waals surface area contributed by atoms with E-state index in [1.807, 2.05) is 6.08 Å². The molecule has 0 aliphatic heterocycles. The Kier molecular flexibility index (Phi) is 9.55. The molecular formula is C12H11Cl2Zr. The summed E-state index contributed by atoms with van der Waals surface area (Å²) in [7, 11) is 0. The second-order valence-corrected chi connectivity index (χ2v) is 2.94. The van der Waals surface area contributed by atoms with Crippen molar-refractivity contribution < 1.29 is 51.0 Å². The zero-order chi connectivity index (χ0) is 8.39. The summed E-state index contributed by atoms with van der Waals surface area (Å²) in [5, 5.41) is 2.69. The van der Waals surface area contributed by atoms with Crippen molar-refractivity contribution in [3.05, 3.63) is 54.6 Å². The molecule has 1 radical (unpaired) electrons. The van der Waals surface area contributed by atoms with Crippen LogP contribution in [0.15, 0.2) is 49.1 Å². The molecule has 0 bridgehead atoms. The van der Waals surface area contributed by atoms with Crippen molar-refractivity contribution in [2.45, 2.75) is 6.42 Å². The number of allylic oxidation sites excluding steroid dienone is 1. The van der Waals surface area contributed by atoms with E-state index in [2.05, 4.69) is 43.0 Å². The van der Waals surface area contributed by atoms with E-state index in [0.717, 1.165) is 6.42 Å². The Hall–Kier alpha value is 0.0331. The standard InChI is InChI=1S/C12H11.2ClH.Zr/c1-2-5-10-8-9-11-6-3-4-7-12(10)11;;;/h2-4,6-9H,1,5H2;2*1H;/q-1;;;+3/p-2. The average Bonchev–Trinajstić information content (AvgIpc) is 2.50. The van der Waals surface area contributed by atoms with Gasteiger partial charge in [0.2, 0.25) is 0 Å². The predicted octanol–water partition coefficient (Wildman–Crippen LogP) is -2.71. The molecule has 3 heteroatoms. The second-order valence-electron chi connectivity index (χ2n) is 2.94. The molecule has 0 spiro atoms. The summed E-state index contributed by atoms with van der Waals surface area (Å²) in [4.78, 5) is 0. The summed E-state index contributed by atoms with van der Waals surface area (Å²) in [6.45, 7) is 3.74. The van der Waals surface area contributed by atoms with Gasteiger partial charge in [0.15, 0.2) is 0 Å². The number of fused-ring (bicyclic) bond motifs is 1. The molecule has 0 aromatic heterocycles. The van der Waals surface area contributed by atoms with Gasteiger partial charge in [-0.15, -0.1) is 47.2 Å². The van der Waals surface area contributed by atoms with Gasteiger partial charge in [0.1, 0.15) is 0 Å². The van der Waals surface area contributed by atoms with Gasteiger partial charge in [-0.05, 0) is 6.42 Å². The number of halogens is 2. The predicted molar refractivity (Wildman–Crippen MR) is 53.4 cm³/mol. The molecule has 2 rings (SSSR count). The van der Waals surface area contributed by atoms with Crippen LogP contribution < -0.4 is 24.8 Å². The van der Waals surface area contributed by atoms with Gasteiger partial charge < -0.3 is 24.8 Å². The SMILES string of the molecule is C=CC[c-]1ccc2ccccc21.[Cl-].[Cl-].[Zr+3]. The van der Waals surface area contributed by atoms with Crippen LogP contribution in [0.2, 0.25) is 0 Å². The van der Waals surface area contributed by atoms with E-state index in [1.54, 1.807) is 0 Å². The third-order valence-electron chi connectivity index (χ3n) is 2.14. The molecule has 2 aromatic rings. The molecule has 15 heavy (non-hydrogen) atoms. The third kappa shape index (κ3) is 3.83. The molecule has 0 saturated carbocycles. The maximum absolute atomic E-state index is 3.74. The smallest absolute Gasteiger partial charge is 1.00 e. The molecule has 0 nitrogen and oxygen atoms in total. The van der Waals surface area contributed by atoms with E-state index < -0.39 is 0 Å². The summed E-state index contributed by atoms with van der Waals surface area (Å²) in [5.74, 6) is 0. The van der Waals surface area contributed by atoms with Gasteiger partial charge in [0.25, 0.3) is 0 Å². The fourth-order valence-electron chi connectivity index (χ4n) is 1.55. The van der Waals surface area contributed by atoms with Crippen molar-refractivity contribution >= 4 is 10.8 Å². The first kappa shape index (κ1) is 17.4. The van der Waals surface area contributed by atoms with Gasteiger partial charge in [0.05, 0.1) is 0 Å². The van der Waals surface area contributed by atoms with Crippen LogP contribution in [0.1, 0.15) is 5.56 Å². The molecule has 0 amide bonds. The summed E-state index contributed by atoms with van der Waals surface area (Å²) in [6.07, 6.45) is 2.91. The number of hydrogen-bond donors (Lipinski definition) is 0. The zero-order valence-corrected chi connectivity index (χ0v) is 12.2. The Balaban J connectivity index is 0. The maximum atomic E-state index is 3.74. The van der Waals surface area contributed by atoms with Crippen molar-refractivity contribution in [3.8, 4) is 0 Å². The van der Waals surface area contributed by atoms with Crippen molar-refractivity contribution in [3.63, 3.8) is 0 Å². The van der Waals surface area contributed by atoms with Gasteiger partial charge in [-0.25, -0.2) is 0 Å². The fourth-order valence-corrected chi connectivity index (χ4v) is 1.55. The summed E-state index contributed by atoms with van der Waals surface area (Å²) < 4.78 is 0. The van der Waals surface area contributed by atoms with Gasteiger partial charge in [-0.2, -0.15) is 6.07 Å². The second kappa shape index (κ2) is 8.22. The Bertz CT molecular complexity index is 407. The Morgan fingerprint density at radius 3 is 2.47 bits per heavy atom. The largest absolute Gasteiger partial charge is 3.00 e. The van der Waals surface area contributed by atoms with Gasteiger partial charge in [-0.3, -0.25) is 0 Å². The van der Waals surface area contributed by atoms with Gasteiger partial charge in [-0.1, -0.05) is 12.1 Å². The van der Waals surface area contributed by atoms with Crippen LogP contribution in [0, 0.1) is 0 Å². The molecule has 0 aliphatic carbocycles. The molecule has 0 unspecified atom stereocenters. The summed E-state index contributed by atoms with van der Waals surface area (Å²) in [6, 6.07) is 12.8. The number of hydrogen-bond acceptors (Lipinski definition) is 0. The quantitative estimate of drug-likeness (QED) is 0.418. The minimum atomic E-state index is 0. The maximum Gasteiger partial charge on any atom is 3.00 e. The van der Waals surface area contributed by atoms with E-state index in [9.17, 15) is 0 Å². The third-order valence-corrected chi connectivity index (χ3v) is 2.14. The average molecular weight is 317 g/mol. The monoisotopic (exact) mass is 315 g/mol. The van der Waals surface area contributed by atoms with Crippen LogP contribution in [-0.2, 0) is 32.6 Å². The normalized spacial score (nSPS) is 8.27. The fraction of sp³-hybridized carbons (Fsp3) is 0.0833. The first-order chi connectivity index (χ1) is 5.92. The van der Waals surface area contributed by atoms with Crippen LogP contribution in [0.25, 0.3) is 10.8 Å². The van der Waals surface area contributed by atoms with Crippen molar-refractivity contribution in [2.75, 3.05) is 0 Å². The molecule has 0 heterocycles. The van der Waals surface area contributed by atoms with E-state index in [0.29, 0.717) is 0 Å². The summed E-state index contributed by atoms with van der Waals surface area (Å²) in [5.41, 5.74) is 1.38. The Labute approximate surface area is 122 Å². The molecule has 0 aliphatic rings. The molecule has 0 saturated heterocycles.